The van der Waals surface area contributed by atoms with E-state index in [4.69, 9.17) is 0 Å². The highest BCUT2D eigenvalue weighted by molar-refractivity contribution is 5.38. The van der Waals surface area contributed by atoms with Gasteiger partial charge in [-0.3, -0.25) is 0 Å². The van der Waals surface area contributed by atoms with Crippen molar-refractivity contribution >= 4 is 0 Å². The van der Waals surface area contributed by atoms with Gasteiger partial charge in [-0.2, -0.15) is 0 Å². The molecule has 0 saturated heterocycles. The molecule has 0 saturated carbocycles. The van der Waals surface area contributed by atoms with Crippen molar-refractivity contribution in [1.82, 2.24) is 5.32 Å². The van der Waals surface area contributed by atoms with Crippen LogP contribution in [-0.2, 0) is 6.54 Å². The number of hydrogen-bond acceptors (Lipinski definition) is 2. The minimum atomic E-state index is -0.558. The van der Waals surface area contributed by atoms with Crippen LogP contribution in [0.15, 0.2) is 42.5 Å². The van der Waals surface area contributed by atoms with E-state index in [1.807, 2.05) is 38.2 Å². The molecule has 0 aliphatic carbocycles. The van der Waals surface area contributed by atoms with Gasteiger partial charge in [0.2, 0.25) is 0 Å². The van der Waals surface area contributed by atoms with Gasteiger partial charge in [-0.25, -0.2) is 0 Å². The molecule has 2 nitrogen and oxygen atoms in total. The summed E-state index contributed by atoms with van der Waals surface area (Å²) >= 11 is 0. The Morgan fingerprint density at radius 2 is 1.89 bits per heavy atom. The number of benzene rings is 2. The lowest BCUT2D eigenvalue weighted by atomic mass is 9.95. The lowest BCUT2D eigenvalue weighted by molar-refractivity contribution is 0.219. The Morgan fingerprint density at radius 3 is 2.58 bits per heavy atom. The molecule has 2 rings (SSSR count). The summed E-state index contributed by atoms with van der Waals surface area (Å²) in [5.74, 6) is 0. The van der Waals surface area contributed by atoms with Gasteiger partial charge in [-0.1, -0.05) is 48.0 Å². The summed E-state index contributed by atoms with van der Waals surface area (Å²) in [7, 11) is 1.92. The Balaban J connectivity index is 2.32. The maximum Gasteiger partial charge on any atom is 0.104 e. The fourth-order valence-corrected chi connectivity index (χ4v) is 2.39. The molecule has 1 atom stereocenters. The summed E-state index contributed by atoms with van der Waals surface area (Å²) in [6, 6.07) is 14.3. The predicted octanol–water partition coefficient (Wildman–Crippen LogP) is 3.10. The van der Waals surface area contributed by atoms with Crippen molar-refractivity contribution in [3.05, 3.63) is 70.3 Å². The SMILES string of the molecule is CNCc1cccc(C(O)c2ccc(C)cc2C)c1. The quantitative estimate of drug-likeness (QED) is 0.880. The van der Waals surface area contributed by atoms with Crippen molar-refractivity contribution in [1.29, 1.82) is 0 Å². The summed E-state index contributed by atoms with van der Waals surface area (Å²) in [4.78, 5) is 0. The third kappa shape index (κ3) is 3.22. The highest BCUT2D eigenvalue weighted by atomic mass is 16.3. The average molecular weight is 255 g/mol. The van der Waals surface area contributed by atoms with E-state index in [0.717, 1.165) is 23.2 Å². The van der Waals surface area contributed by atoms with Crippen LogP contribution in [0.3, 0.4) is 0 Å². The molecule has 0 aromatic heterocycles. The van der Waals surface area contributed by atoms with E-state index < -0.39 is 6.10 Å². The van der Waals surface area contributed by atoms with Crippen LogP contribution >= 0.6 is 0 Å². The Labute approximate surface area is 115 Å². The van der Waals surface area contributed by atoms with E-state index in [2.05, 4.69) is 30.4 Å². The molecule has 0 aliphatic heterocycles. The van der Waals surface area contributed by atoms with Crippen molar-refractivity contribution in [2.24, 2.45) is 0 Å². The maximum absolute atomic E-state index is 10.5. The summed E-state index contributed by atoms with van der Waals surface area (Å²) in [6.45, 7) is 4.92. The molecule has 2 aromatic rings. The minimum Gasteiger partial charge on any atom is -0.384 e. The van der Waals surface area contributed by atoms with Gasteiger partial charge < -0.3 is 10.4 Å². The first-order chi connectivity index (χ1) is 9.11. The van der Waals surface area contributed by atoms with E-state index in [1.54, 1.807) is 0 Å². The van der Waals surface area contributed by atoms with E-state index in [1.165, 1.54) is 11.1 Å². The Kier molecular flexibility index (Phi) is 4.35. The zero-order chi connectivity index (χ0) is 13.8. The number of aliphatic hydroxyl groups excluding tert-OH is 1. The smallest absolute Gasteiger partial charge is 0.104 e. The van der Waals surface area contributed by atoms with Crippen molar-refractivity contribution in [2.75, 3.05) is 7.05 Å². The zero-order valence-corrected chi connectivity index (χ0v) is 11.8. The molecule has 0 bridgehead atoms. The topological polar surface area (TPSA) is 32.3 Å². The predicted molar refractivity (Wildman–Crippen MR) is 79.2 cm³/mol. The number of aliphatic hydroxyl groups is 1. The second-order valence-electron chi connectivity index (χ2n) is 5.04. The van der Waals surface area contributed by atoms with Crippen LogP contribution in [0.5, 0.6) is 0 Å². The molecule has 0 aliphatic rings. The van der Waals surface area contributed by atoms with Crippen LogP contribution in [0.1, 0.15) is 33.9 Å². The molecule has 1 unspecified atom stereocenters. The van der Waals surface area contributed by atoms with Crippen molar-refractivity contribution < 1.29 is 5.11 Å². The van der Waals surface area contributed by atoms with Crippen LogP contribution < -0.4 is 5.32 Å². The van der Waals surface area contributed by atoms with Gasteiger partial charge in [0.1, 0.15) is 6.10 Å². The number of nitrogens with one attached hydrogen (secondary N) is 1. The molecule has 0 radical (unpaired) electrons. The first-order valence-corrected chi connectivity index (χ1v) is 6.60. The summed E-state index contributed by atoms with van der Waals surface area (Å²) in [5.41, 5.74) is 5.46. The van der Waals surface area contributed by atoms with Crippen molar-refractivity contribution in [3.8, 4) is 0 Å². The van der Waals surface area contributed by atoms with Crippen LogP contribution in [-0.4, -0.2) is 12.2 Å². The molecule has 0 fully saturated rings. The minimum absolute atomic E-state index is 0.558. The largest absolute Gasteiger partial charge is 0.384 e. The molecular formula is C17H21NO. The monoisotopic (exact) mass is 255 g/mol. The standard InChI is InChI=1S/C17H21NO/c1-12-7-8-16(13(2)9-12)17(19)15-6-4-5-14(10-15)11-18-3/h4-10,17-19H,11H2,1-3H3. The van der Waals surface area contributed by atoms with Crippen LogP contribution in [0, 0.1) is 13.8 Å². The first kappa shape index (κ1) is 13.8. The molecule has 2 N–H and O–H groups in total. The van der Waals surface area contributed by atoms with Crippen LogP contribution in [0.25, 0.3) is 0 Å². The molecule has 0 spiro atoms. The van der Waals surface area contributed by atoms with Gasteiger partial charge in [0, 0.05) is 6.54 Å². The lowest BCUT2D eigenvalue weighted by Crippen LogP contribution is -2.07. The van der Waals surface area contributed by atoms with Crippen LogP contribution in [0.2, 0.25) is 0 Å². The number of hydrogen-bond donors (Lipinski definition) is 2. The summed E-state index contributed by atoms with van der Waals surface area (Å²) in [6.07, 6.45) is -0.558. The van der Waals surface area contributed by atoms with E-state index in [9.17, 15) is 5.11 Å². The van der Waals surface area contributed by atoms with Crippen molar-refractivity contribution in [3.63, 3.8) is 0 Å². The Morgan fingerprint density at radius 1 is 1.11 bits per heavy atom. The fraction of sp³-hybridized carbons (Fsp3) is 0.294. The number of rotatable bonds is 4. The van der Waals surface area contributed by atoms with E-state index >= 15 is 0 Å². The van der Waals surface area contributed by atoms with Gasteiger partial charge in [0.15, 0.2) is 0 Å². The average Bonchev–Trinajstić information content (AvgIpc) is 2.39. The summed E-state index contributed by atoms with van der Waals surface area (Å²) in [5, 5.41) is 13.7. The molecular weight excluding hydrogens is 234 g/mol. The Hall–Kier alpha value is -1.64. The second-order valence-corrected chi connectivity index (χ2v) is 5.04. The van der Waals surface area contributed by atoms with Gasteiger partial charge in [-0.05, 0) is 43.1 Å². The van der Waals surface area contributed by atoms with Gasteiger partial charge in [0.05, 0.1) is 0 Å². The number of aryl methyl sites for hydroxylation is 2. The second kappa shape index (κ2) is 6.00. The third-order valence-corrected chi connectivity index (χ3v) is 3.37. The molecule has 100 valence electrons. The normalized spacial score (nSPS) is 12.4. The molecule has 0 heterocycles. The fourth-order valence-electron chi connectivity index (χ4n) is 2.39. The van der Waals surface area contributed by atoms with Crippen molar-refractivity contribution in [2.45, 2.75) is 26.5 Å². The first-order valence-electron chi connectivity index (χ1n) is 6.60. The summed E-state index contributed by atoms with van der Waals surface area (Å²) < 4.78 is 0. The Bertz CT molecular complexity index is 563. The van der Waals surface area contributed by atoms with E-state index in [0.29, 0.717) is 0 Å². The third-order valence-electron chi connectivity index (χ3n) is 3.37. The highest BCUT2D eigenvalue weighted by Crippen LogP contribution is 2.26. The molecule has 2 heteroatoms. The molecule has 0 amide bonds. The van der Waals surface area contributed by atoms with Gasteiger partial charge >= 0.3 is 0 Å². The molecule has 2 aromatic carbocycles. The lowest BCUT2D eigenvalue weighted by Gasteiger charge is -2.15. The molecule has 19 heavy (non-hydrogen) atoms. The van der Waals surface area contributed by atoms with Gasteiger partial charge in [0.25, 0.3) is 0 Å². The van der Waals surface area contributed by atoms with E-state index in [-0.39, 0.29) is 0 Å². The van der Waals surface area contributed by atoms with Crippen LogP contribution in [0.4, 0.5) is 0 Å². The van der Waals surface area contributed by atoms with Gasteiger partial charge in [-0.15, -0.1) is 0 Å². The highest BCUT2D eigenvalue weighted by Gasteiger charge is 2.13. The zero-order valence-electron chi connectivity index (χ0n) is 11.8. The maximum atomic E-state index is 10.5.